The molecule has 0 heterocycles. The van der Waals surface area contributed by atoms with Crippen molar-refractivity contribution < 1.29 is 0 Å². The van der Waals surface area contributed by atoms with Crippen molar-refractivity contribution in [3.63, 3.8) is 0 Å². The predicted octanol–water partition coefficient (Wildman–Crippen LogP) is 5.98. The Morgan fingerprint density at radius 3 is 2.55 bits per heavy atom. The highest BCUT2D eigenvalue weighted by Gasteiger charge is 2.23. The quantitative estimate of drug-likeness (QED) is 0.565. The minimum atomic E-state index is 0.566. The second-order valence-electron chi connectivity index (χ2n) is 6.22. The van der Waals surface area contributed by atoms with Crippen LogP contribution in [0.2, 0.25) is 0 Å². The van der Waals surface area contributed by atoms with Crippen molar-refractivity contribution in [2.24, 2.45) is 5.92 Å². The molecule has 1 fully saturated rings. The summed E-state index contributed by atoms with van der Waals surface area (Å²) >= 11 is 9.60. The summed E-state index contributed by atoms with van der Waals surface area (Å²) in [4.78, 5) is 2.62. The van der Waals surface area contributed by atoms with Gasteiger partial charge in [0.25, 0.3) is 0 Å². The number of nitrogens with zero attached hydrogens (tertiary/aromatic N) is 1. The molecule has 0 spiro atoms. The molecule has 1 aromatic rings. The number of alkyl halides is 1. The van der Waals surface area contributed by atoms with Crippen LogP contribution in [0.4, 0.5) is 5.69 Å². The van der Waals surface area contributed by atoms with Gasteiger partial charge in [0.2, 0.25) is 0 Å². The van der Waals surface area contributed by atoms with Gasteiger partial charge in [0.15, 0.2) is 0 Å². The van der Waals surface area contributed by atoms with Crippen molar-refractivity contribution >= 4 is 33.2 Å². The highest BCUT2D eigenvalue weighted by molar-refractivity contribution is 9.10. The lowest BCUT2D eigenvalue weighted by Gasteiger charge is -2.32. The van der Waals surface area contributed by atoms with Gasteiger partial charge in [0.1, 0.15) is 0 Å². The molecule has 0 unspecified atom stereocenters. The van der Waals surface area contributed by atoms with Crippen molar-refractivity contribution in [3.05, 3.63) is 28.2 Å². The van der Waals surface area contributed by atoms with Gasteiger partial charge in [0.05, 0.1) is 0 Å². The van der Waals surface area contributed by atoms with Gasteiger partial charge in [0, 0.05) is 28.6 Å². The first-order chi connectivity index (χ1) is 9.61. The Labute approximate surface area is 136 Å². The second kappa shape index (κ2) is 7.70. The summed E-state index contributed by atoms with van der Waals surface area (Å²) in [6, 6.07) is 7.36. The van der Waals surface area contributed by atoms with Gasteiger partial charge in [-0.25, -0.2) is 0 Å². The van der Waals surface area contributed by atoms with E-state index in [4.69, 9.17) is 11.6 Å². The summed E-state index contributed by atoms with van der Waals surface area (Å²) < 4.78 is 1.14. The number of benzene rings is 1. The number of halogens is 2. The summed E-state index contributed by atoms with van der Waals surface area (Å²) in [5, 5.41) is 0. The number of hydrogen-bond donors (Lipinski definition) is 0. The van der Waals surface area contributed by atoms with Crippen LogP contribution in [0.25, 0.3) is 0 Å². The third-order valence-corrected chi connectivity index (χ3v) is 5.25. The molecule has 0 bridgehead atoms. The van der Waals surface area contributed by atoms with E-state index in [1.165, 1.54) is 43.4 Å². The van der Waals surface area contributed by atoms with Crippen molar-refractivity contribution in [1.82, 2.24) is 0 Å². The molecule has 1 saturated carbocycles. The molecular formula is C17H25BrClN. The van der Waals surface area contributed by atoms with Crippen LogP contribution in [0.1, 0.15) is 51.5 Å². The lowest BCUT2D eigenvalue weighted by molar-refractivity contribution is 0.528. The normalized spacial score (nSPS) is 16.1. The van der Waals surface area contributed by atoms with Crippen molar-refractivity contribution in [2.75, 3.05) is 11.4 Å². The van der Waals surface area contributed by atoms with E-state index in [2.05, 4.69) is 52.9 Å². The number of hydrogen-bond acceptors (Lipinski definition) is 1. The lowest BCUT2D eigenvalue weighted by Crippen LogP contribution is -2.34. The van der Waals surface area contributed by atoms with Crippen LogP contribution in [0, 0.1) is 5.92 Å². The fraction of sp³-hybridized carbons (Fsp3) is 0.647. The molecule has 1 aromatic carbocycles. The molecule has 1 nitrogen and oxygen atoms in total. The van der Waals surface area contributed by atoms with Gasteiger partial charge in [-0.1, -0.05) is 48.7 Å². The Morgan fingerprint density at radius 2 is 2.00 bits per heavy atom. The van der Waals surface area contributed by atoms with E-state index in [1.807, 2.05) is 0 Å². The molecular weight excluding hydrogens is 334 g/mol. The Hall–Kier alpha value is -0.210. The largest absolute Gasteiger partial charge is 0.369 e. The number of rotatable bonds is 6. The second-order valence-corrected chi connectivity index (χ2v) is 7.35. The van der Waals surface area contributed by atoms with Crippen LogP contribution in [0.15, 0.2) is 22.7 Å². The summed E-state index contributed by atoms with van der Waals surface area (Å²) in [6.07, 6.45) is 6.69. The Bertz CT molecular complexity index is 427. The fourth-order valence-corrected chi connectivity index (χ4v) is 3.86. The molecule has 20 heavy (non-hydrogen) atoms. The summed E-state index contributed by atoms with van der Waals surface area (Å²) in [7, 11) is 0. The van der Waals surface area contributed by atoms with Crippen LogP contribution < -0.4 is 4.90 Å². The topological polar surface area (TPSA) is 3.24 Å². The van der Waals surface area contributed by atoms with Crippen molar-refractivity contribution in [3.8, 4) is 0 Å². The average Bonchev–Trinajstić information content (AvgIpc) is 2.93. The van der Waals surface area contributed by atoms with Crippen LogP contribution >= 0.6 is 27.5 Å². The first-order valence-electron chi connectivity index (χ1n) is 7.73. The first kappa shape index (κ1) is 16.2. The molecule has 0 aliphatic heterocycles. The SMILES string of the molecule is CC(C)CCN(c1ccc(CCl)c(Br)c1)C1CCCC1. The van der Waals surface area contributed by atoms with Crippen LogP contribution in [-0.4, -0.2) is 12.6 Å². The molecule has 112 valence electrons. The Kier molecular flexibility index (Phi) is 6.22. The zero-order chi connectivity index (χ0) is 14.5. The van der Waals surface area contributed by atoms with E-state index in [0.717, 1.165) is 23.0 Å². The maximum Gasteiger partial charge on any atom is 0.0485 e. The highest BCUT2D eigenvalue weighted by Crippen LogP contribution is 2.32. The molecule has 0 atom stereocenters. The van der Waals surface area contributed by atoms with E-state index in [9.17, 15) is 0 Å². The summed E-state index contributed by atoms with van der Waals surface area (Å²) in [5.41, 5.74) is 2.52. The zero-order valence-corrected chi connectivity index (χ0v) is 14.9. The third-order valence-electron chi connectivity index (χ3n) is 4.23. The van der Waals surface area contributed by atoms with E-state index in [-0.39, 0.29) is 0 Å². The van der Waals surface area contributed by atoms with E-state index in [1.54, 1.807) is 0 Å². The third kappa shape index (κ3) is 4.14. The van der Waals surface area contributed by atoms with Crippen LogP contribution in [0.5, 0.6) is 0 Å². The van der Waals surface area contributed by atoms with Gasteiger partial charge in [-0.2, -0.15) is 0 Å². The van der Waals surface area contributed by atoms with Crippen LogP contribution in [0.3, 0.4) is 0 Å². The molecule has 0 saturated heterocycles. The molecule has 0 radical (unpaired) electrons. The van der Waals surface area contributed by atoms with Crippen molar-refractivity contribution in [1.29, 1.82) is 0 Å². The summed E-state index contributed by atoms with van der Waals surface area (Å²) in [5.74, 6) is 1.32. The molecule has 0 amide bonds. The highest BCUT2D eigenvalue weighted by atomic mass is 79.9. The van der Waals surface area contributed by atoms with Crippen LogP contribution in [-0.2, 0) is 5.88 Å². The van der Waals surface area contributed by atoms with E-state index < -0.39 is 0 Å². The predicted molar refractivity (Wildman–Crippen MR) is 92.8 cm³/mol. The Balaban J connectivity index is 2.18. The number of anilines is 1. The molecule has 1 aliphatic rings. The molecule has 3 heteroatoms. The van der Waals surface area contributed by atoms with Gasteiger partial charge >= 0.3 is 0 Å². The van der Waals surface area contributed by atoms with E-state index >= 15 is 0 Å². The Morgan fingerprint density at radius 1 is 1.30 bits per heavy atom. The van der Waals surface area contributed by atoms with Gasteiger partial charge in [-0.05, 0) is 42.9 Å². The van der Waals surface area contributed by atoms with Crippen molar-refractivity contribution in [2.45, 2.75) is 57.9 Å². The zero-order valence-electron chi connectivity index (χ0n) is 12.5. The molecule has 2 rings (SSSR count). The lowest BCUT2D eigenvalue weighted by atomic mass is 10.1. The molecule has 0 aromatic heterocycles. The standard InChI is InChI=1S/C17H25BrClN/c1-13(2)9-10-20(15-5-3-4-6-15)16-8-7-14(12-19)17(18)11-16/h7-8,11,13,15H,3-6,9-10,12H2,1-2H3. The summed E-state index contributed by atoms with van der Waals surface area (Å²) in [6.45, 7) is 5.77. The van der Waals surface area contributed by atoms with E-state index in [0.29, 0.717) is 5.88 Å². The average molecular weight is 359 g/mol. The monoisotopic (exact) mass is 357 g/mol. The van der Waals surface area contributed by atoms with Gasteiger partial charge < -0.3 is 4.90 Å². The minimum absolute atomic E-state index is 0.566. The molecule has 0 N–H and O–H groups in total. The fourth-order valence-electron chi connectivity index (χ4n) is 2.96. The maximum atomic E-state index is 5.95. The smallest absolute Gasteiger partial charge is 0.0485 e. The minimum Gasteiger partial charge on any atom is -0.369 e. The molecule has 1 aliphatic carbocycles. The first-order valence-corrected chi connectivity index (χ1v) is 9.05. The van der Waals surface area contributed by atoms with Gasteiger partial charge in [-0.3, -0.25) is 0 Å². The van der Waals surface area contributed by atoms with Gasteiger partial charge in [-0.15, -0.1) is 11.6 Å². The maximum absolute atomic E-state index is 5.95.